The molecule has 9 nitrogen and oxygen atoms in total. The van der Waals surface area contributed by atoms with Crippen LogP contribution in [0.5, 0.6) is 0 Å². The molecule has 0 spiro atoms. The van der Waals surface area contributed by atoms with Gasteiger partial charge in [-0.25, -0.2) is 9.78 Å². The molecule has 3 aromatic rings. The molecule has 9 heteroatoms. The van der Waals surface area contributed by atoms with Crippen LogP contribution in [0.25, 0.3) is 10.9 Å². The number of rotatable bonds is 4. The highest BCUT2D eigenvalue weighted by molar-refractivity contribution is 6.08. The van der Waals surface area contributed by atoms with E-state index in [9.17, 15) is 14.4 Å². The lowest BCUT2D eigenvalue weighted by atomic mass is 10.1. The lowest BCUT2D eigenvalue weighted by Gasteiger charge is -2.33. The Morgan fingerprint density at radius 1 is 1.10 bits per heavy atom. The summed E-state index contributed by atoms with van der Waals surface area (Å²) in [6.45, 7) is 3.61. The zero-order chi connectivity index (χ0) is 22.0. The van der Waals surface area contributed by atoms with Gasteiger partial charge in [0.1, 0.15) is 11.4 Å². The highest BCUT2D eigenvalue weighted by atomic mass is 16.5. The van der Waals surface area contributed by atoms with Crippen LogP contribution in [0.1, 0.15) is 20.7 Å². The molecule has 0 atom stereocenters. The summed E-state index contributed by atoms with van der Waals surface area (Å²) in [5, 5.41) is 3.26. The fourth-order valence-corrected chi connectivity index (χ4v) is 3.54. The third-order valence-electron chi connectivity index (χ3n) is 5.37. The minimum atomic E-state index is -0.623. The number of nitrogens with one attached hydrogen (secondary N) is 2. The Morgan fingerprint density at radius 3 is 2.58 bits per heavy atom. The van der Waals surface area contributed by atoms with Crippen molar-refractivity contribution in [2.24, 2.45) is 0 Å². The molecule has 1 aromatic carbocycles. The van der Waals surface area contributed by atoms with E-state index >= 15 is 0 Å². The summed E-state index contributed by atoms with van der Waals surface area (Å²) in [6, 6.07) is 9.78. The second-order valence-electron chi connectivity index (χ2n) is 7.42. The van der Waals surface area contributed by atoms with Crippen molar-refractivity contribution in [1.82, 2.24) is 14.9 Å². The third kappa shape index (κ3) is 4.26. The topological polar surface area (TPSA) is 108 Å². The Hall–Kier alpha value is -3.72. The molecule has 1 amide bonds. The molecule has 1 saturated heterocycles. The van der Waals surface area contributed by atoms with E-state index in [1.165, 1.54) is 19.2 Å². The number of methoxy groups -OCH3 is 1. The van der Waals surface area contributed by atoms with Crippen LogP contribution in [0.4, 0.5) is 11.5 Å². The summed E-state index contributed by atoms with van der Waals surface area (Å²) in [4.78, 5) is 49.0. The number of para-hydroxylation sites is 1. The number of H-pyrrole nitrogens is 1. The number of amides is 1. The van der Waals surface area contributed by atoms with Gasteiger partial charge in [0.2, 0.25) is 0 Å². The van der Waals surface area contributed by atoms with Gasteiger partial charge in [0.15, 0.2) is 0 Å². The van der Waals surface area contributed by atoms with Crippen LogP contribution in [0.15, 0.2) is 47.4 Å². The highest BCUT2D eigenvalue weighted by Crippen LogP contribution is 2.20. The van der Waals surface area contributed by atoms with Crippen molar-refractivity contribution < 1.29 is 14.3 Å². The number of carbonyl (C=O) groups excluding carboxylic acids is 2. The predicted octanol–water partition coefficient (Wildman–Crippen LogP) is 1.71. The van der Waals surface area contributed by atoms with E-state index in [1.54, 1.807) is 24.4 Å². The van der Waals surface area contributed by atoms with E-state index in [-0.39, 0.29) is 16.8 Å². The first kappa shape index (κ1) is 20.5. The van der Waals surface area contributed by atoms with Gasteiger partial charge in [0, 0.05) is 43.8 Å². The summed E-state index contributed by atoms with van der Waals surface area (Å²) in [5.74, 6) is -0.410. The largest absolute Gasteiger partial charge is 0.465 e. The second kappa shape index (κ2) is 8.57. The normalized spacial score (nSPS) is 14.5. The number of nitrogens with zero attached hydrogens (tertiary/aromatic N) is 3. The number of piperazine rings is 1. The molecule has 4 rings (SSSR count). The van der Waals surface area contributed by atoms with Crippen LogP contribution in [0.3, 0.4) is 0 Å². The van der Waals surface area contributed by atoms with Crippen molar-refractivity contribution in [1.29, 1.82) is 0 Å². The lowest BCUT2D eigenvalue weighted by molar-refractivity contribution is 0.0602. The number of pyridine rings is 2. The van der Waals surface area contributed by atoms with Gasteiger partial charge in [-0.15, -0.1) is 0 Å². The van der Waals surface area contributed by atoms with E-state index in [1.807, 2.05) is 6.07 Å². The minimum Gasteiger partial charge on any atom is -0.465 e. The molecular weight excluding hydrogens is 398 g/mol. The number of anilines is 2. The van der Waals surface area contributed by atoms with E-state index in [2.05, 4.69) is 32.1 Å². The standard InChI is InChI=1S/C22H23N5O4/c1-26-7-9-27(10-8-26)19-12-18-14(13-23-19)11-16(21(29)25-18)20(28)24-17-6-4-3-5-15(17)22(30)31-2/h3-6,11-13H,7-10H2,1-2H3,(H,24,28)(H,25,29). The smallest absolute Gasteiger partial charge is 0.339 e. The van der Waals surface area contributed by atoms with E-state index in [0.29, 0.717) is 10.9 Å². The van der Waals surface area contributed by atoms with Crippen molar-refractivity contribution in [2.75, 3.05) is 50.6 Å². The van der Waals surface area contributed by atoms with Crippen LogP contribution >= 0.6 is 0 Å². The van der Waals surface area contributed by atoms with Crippen LogP contribution in [-0.2, 0) is 4.74 Å². The van der Waals surface area contributed by atoms with Gasteiger partial charge in [-0.1, -0.05) is 12.1 Å². The van der Waals surface area contributed by atoms with E-state index < -0.39 is 17.4 Å². The summed E-state index contributed by atoms with van der Waals surface area (Å²) in [7, 11) is 3.34. The third-order valence-corrected chi connectivity index (χ3v) is 5.37. The number of ether oxygens (including phenoxy) is 1. The molecule has 2 aromatic heterocycles. The molecule has 3 heterocycles. The SMILES string of the molecule is COC(=O)c1ccccc1NC(=O)c1cc2cnc(N3CCN(C)CC3)cc2[nH]c1=O. The summed E-state index contributed by atoms with van der Waals surface area (Å²) < 4.78 is 4.74. The first-order valence-electron chi connectivity index (χ1n) is 9.91. The van der Waals surface area contributed by atoms with Crippen LogP contribution in [-0.4, -0.2) is 67.1 Å². The predicted molar refractivity (Wildman–Crippen MR) is 118 cm³/mol. The fraction of sp³-hybridized carbons (Fsp3) is 0.273. The lowest BCUT2D eigenvalue weighted by Crippen LogP contribution is -2.44. The molecular formula is C22H23N5O4. The Kier molecular flexibility index (Phi) is 5.68. The molecule has 160 valence electrons. The molecule has 0 aliphatic carbocycles. The Bertz CT molecular complexity index is 1200. The number of aromatic amines is 1. The van der Waals surface area contributed by atoms with Crippen LogP contribution in [0.2, 0.25) is 0 Å². The molecule has 0 bridgehead atoms. The van der Waals surface area contributed by atoms with Gasteiger partial charge in [-0.2, -0.15) is 0 Å². The average Bonchev–Trinajstić information content (AvgIpc) is 2.78. The molecule has 0 saturated carbocycles. The molecule has 0 unspecified atom stereocenters. The summed E-state index contributed by atoms with van der Waals surface area (Å²) in [6.07, 6.45) is 1.65. The van der Waals surface area contributed by atoms with E-state index in [4.69, 9.17) is 4.74 Å². The van der Waals surface area contributed by atoms with Crippen molar-refractivity contribution in [3.63, 3.8) is 0 Å². The summed E-state index contributed by atoms with van der Waals surface area (Å²) >= 11 is 0. The van der Waals surface area contributed by atoms with E-state index in [0.717, 1.165) is 32.0 Å². The van der Waals surface area contributed by atoms with Gasteiger partial charge in [0.25, 0.3) is 11.5 Å². The van der Waals surface area contributed by atoms with Gasteiger partial charge in [0.05, 0.1) is 23.9 Å². The van der Waals surface area contributed by atoms with Gasteiger partial charge < -0.3 is 24.8 Å². The second-order valence-corrected chi connectivity index (χ2v) is 7.42. The monoisotopic (exact) mass is 421 g/mol. The number of esters is 1. The average molecular weight is 421 g/mol. The molecule has 0 radical (unpaired) electrons. The number of benzene rings is 1. The van der Waals surface area contributed by atoms with Gasteiger partial charge >= 0.3 is 5.97 Å². The quantitative estimate of drug-likeness (QED) is 0.618. The molecule has 2 N–H and O–H groups in total. The first-order valence-corrected chi connectivity index (χ1v) is 9.91. The number of likely N-dealkylation sites (N-methyl/N-ethyl adjacent to an activating group) is 1. The van der Waals surface area contributed by atoms with Crippen LogP contribution < -0.4 is 15.8 Å². The zero-order valence-corrected chi connectivity index (χ0v) is 17.3. The first-order chi connectivity index (χ1) is 15.0. The molecule has 1 aliphatic rings. The molecule has 1 fully saturated rings. The number of fused-ring (bicyclic) bond motifs is 1. The van der Waals surface area contributed by atoms with Crippen LogP contribution in [0, 0.1) is 0 Å². The minimum absolute atomic E-state index is 0.0682. The number of hydrogen-bond donors (Lipinski definition) is 2. The van der Waals surface area contributed by atoms with Gasteiger partial charge in [-0.3, -0.25) is 9.59 Å². The maximum absolute atomic E-state index is 12.8. The maximum atomic E-state index is 12.8. The van der Waals surface area contributed by atoms with Crippen molar-refractivity contribution >= 4 is 34.3 Å². The van der Waals surface area contributed by atoms with Crippen molar-refractivity contribution in [3.8, 4) is 0 Å². The number of aromatic nitrogens is 2. The van der Waals surface area contributed by atoms with Gasteiger partial charge in [-0.05, 0) is 25.2 Å². The van der Waals surface area contributed by atoms with Crippen molar-refractivity contribution in [3.05, 3.63) is 64.1 Å². The van der Waals surface area contributed by atoms with Crippen molar-refractivity contribution in [2.45, 2.75) is 0 Å². The molecule has 1 aliphatic heterocycles. The molecule has 31 heavy (non-hydrogen) atoms. The zero-order valence-electron chi connectivity index (χ0n) is 17.3. The Balaban J connectivity index is 1.61. The number of carbonyl (C=O) groups is 2. The summed E-state index contributed by atoms with van der Waals surface area (Å²) in [5.41, 5.74) is 0.495. The fourth-order valence-electron chi connectivity index (χ4n) is 3.54. The highest BCUT2D eigenvalue weighted by Gasteiger charge is 2.19. The number of hydrogen-bond acceptors (Lipinski definition) is 7. The Labute approximate surface area is 178 Å². The maximum Gasteiger partial charge on any atom is 0.339 e. The Morgan fingerprint density at radius 2 is 1.84 bits per heavy atom.